The number of hydrogen-bond acceptors (Lipinski definition) is 5. The SMILES string of the molecule is CCNc1cc(N(C)c2ccccc2)nc(SC)n1. The molecule has 0 unspecified atom stereocenters. The fourth-order valence-electron chi connectivity index (χ4n) is 1.73. The van der Waals surface area contributed by atoms with E-state index in [2.05, 4.69) is 39.2 Å². The van der Waals surface area contributed by atoms with Crippen molar-refractivity contribution in [2.24, 2.45) is 0 Å². The molecule has 0 radical (unpaired) electrons. The Labute approximate surface area is 118 Å². The minimum atomic E-state index is 0.774. The van der Waals surface area contributed by atoms with Gasteiger partial charge in [0.25, 0.3) is 0 Å². The van der Waals surface area contributed by atoms with Crippen LogP contribution in [0.2, 0.25) is 0 Å². The van der Waals surface area contributed by atoms with E-state index in [0.29, 0.717) is 0 Å². The van der Waals surface area contributed by atoms with Gasteiger partial charge in [0.1, 0.15) is 11.6 Å². The van der Waals surface area contributed by atoms with Gasteiger partial charge in [0, 0.05) is 25.3 Å². The van der Waals surface area contributed by atoms with E-state index in [0.717, 1.165) is 29.0 Å². The summed E-state index contributed by atoms with van der Waals surface area (Å²) < 4.78 is 0. The van der Waals surface area contributed by atoms with Crippen molar-refractivity contribution in [3.8, 4) is 0 Å². The molecule has 2 rings (SSSR count). The van der Waals surface area contributed by atoms with E-state index < -0.39 is 0 Å². The minimum Gasteiger partial charge on any atom is -0.370 e. The Morgan fingerprint density at radius 1 is 1.21 bits per heavy atom. The molecule has 1 N–H and O–H groups in total. The van der Waals surface area contributed by atoms with Crippen LogP contribution in [0.25, 0.3) is 0 Å². The summed E-state index contributed by atoms with van der Waals surface area (Å²) in [5.74, 6) is 1.75. The van der Waals surface area contributed by atoms with E-state index in [-0.39, 0.29) is 0 Å². The molecule has 100 valence electrons. The fourth-order valence-corrected chi connectivity index (χ4v) is 2.11. The first kappa shape index (κ1) is 13.7. The normalized spacial score (nSPS) is 10.3. The maximum Gasteiger partial charge on any atom is 0.191 e. The van der Waals surface area contributed by atoms with Crippen molar-refractivity contribution in [3.63, 3.8) is 0 Å². The fraction of sp³-hybridized carbons (Fsp3) is 0.286. The summed E-state index contributed by atoms with van der Waals surface area (Å²) in [4.78, 5) is 11.0. The van der Waals surface area contributed by atoms with Gasteiger partial charge in [-0.05, 0) is 25.3 Å². The van der Waals surface area contributed by atoms with Crippen LogP contribution in [0.4, 0.5) is 17.3 Å². The lowest BCUT2D eigenvalue weighted by Crippen LogP contribution is -2.13. The van der Waals surface area contributed by atoms with Crippen molar-refractivity contribution in [3.05, 3.63) is 36.4 Å². The number of hydrogen-bond donors (Lipinski definition) is 1. The number of aromatic nitrogens is 2. The van der Waals surface area contributed by atoms with Crippen molar-refractivity contribution in [2.45, 2.75) is 12.1 Å². The molecule has 0 atom stereocenters. The molecule has 0 aliphatic carbocycles. The maximum absolute atomic E-state index is 4.55. The van der Waals surface area contributed by atoms with Gasteiger partial charge >= 0.3 is 0 Å². The summed E-state index contributed by atoms with van der Waals surface area (Å²) in [5.41, 5.74) is 1.11. The van der Waals surface area contributed by atoms with Crippen molar-refractivity contribution < 1.29 is 0 Å². The van der Waals surface area contributed by atoms with E-state index >= 15 is 0 Å². The molecule has 1 aromatic heterocycles. The van der Waals surface area contributed by atoms with Crippen LogP contribution >= 0.6 is 11.8 Å². The zero-order chi connectivity index (χ0) is 13.7. The second-order valence-corrected chi connectivity index (χ2v) is 4.80. The van der Waals surface area contributed by atoms with Gasteiger partial charge < -0.3 is 10.2 Å². The lowest BCUT2D eigenvalue weighted by molar-refractivity contribution is 0.940. The van der Waals surface area contributed by atoms with Gasteiger partial charge in [0.15, 0.2) is 5.16 Å². The second kappa shape index (κ2) is 6.43. The number of para-hydroxylation sites is 1. The van der Waals surface area contributed by atoms with Crippen LogP contribution in [0.1, 0.15) is 6.92 Å². The third kappa shape index (κ3) is 3.38. The molecule has 0 amide bonds. The molecule has 0 aliphatic rings. The standard InChI is InChI=1S/C14H18N4S/c1-4-15-12-10-13(17-14(16-12)19-3)18(2)11-8-6-5-7-9-11/h5-10H,4H2,1-3H3,(H,15,16,17). The Hall–Kier alpha value is -1.75. The number of anilines is 3. The summed E-state index contributed by atoms with van der Waals surface area (Å²) in [7, 11) is 2.01. The van der Waals surface area contributed by atoms with E-state index in [4.69, 9.17) is 0 Å². The molecule has 0 saturated heterocycles. The van der Waals surface area contributed by atoms with Crippen LogP contribution in [-0.4, -0.2) is 29.8 Å². The third-order valence-electron chi connectivity index (χ3n) is 2.72. The number of thioether (sulfide) groups is 1. The summed E-state index contributed by atoms with van der Waals surface area (Å²) in [6.07, 6.45) is 1.98. The topological polar surface area (TPSA) is 41.0 Å². The van der Waals surface area contributed by atoms with Crippen LogP contribution in [-0.2, 0) is 0 Å². The number of rotatable bonds is 5. The van der Waals surface area contributed by atoms with E-state index in [1.165, 1.54) is 0 Å². The smallest absolute Gasteiger partial charge is 0.191 e. The highest BCUT2D eigenvalue weighted by Crippen LogP contribution is 2.25. The molecule has 0 saturated carbocycles. The third-order valence-corrected chi connectivity index (χ3v) is 3.27. The van der Waals surface area contributed by atoms with Gasteiger partial charge in [0.2, 0.25) is 0 Å². The molecule has 1 aromatic carbocycles. The minimum absolute atomic E-state index is 0.774. The van der Waals surface area contributed by atoms with E-state index in [1.807, 2.05) is 37.6 Å². The van der Waals surface area contributed by atoms with Gasteiger partial charge in [-0.2, -0.15) is 0 Å². The number of nitrogens with zero attached hydrogens (tertiary/aromatic N) is 3. The summed E-state index contributed by atoms with van der Waals surface area (Å²) in [5, 5.41) is 4.01. The Morgan fingerprint density at radius 3 is 2.58 bits per heavy atom. The van der Waals surface area contributed by atoms with Gasteiger partial charge in [-0.25, -0.2) is 9.97 Å². The molecule has 0 bridgehead atoms. The quantitative estimate of drug-likeness (QED) is 0.668. The van der Waals surface area contributed by atoms with E-state index in [9.17, 15) is 0 Å². The maximum atomic E-state index is 4.55. The summed E-state index contributed by atoms with van der Waals surface area (Å²) in [6.45, 7) is 2.90. The number of nitrogens with one attached hydrogen (secondary N) is 1. The van der Waals surface area contributed by atoms with Crippen molar-refractivity contribution in [2.75, 3.05) is 30.1 Å². The predicted molar refractivity (Wildman–Crippen MR) is 82.5 cm³/mol. The highest BCUT2D eigenvalue weighted by molar-refractivity contribution is 7.98. The van der Waals surface area contributed by atoms with Crippen molar-refractivity contribution in [1.29, 1.82) is 0 Å². The molecule has 1 heterocycles. The zero-order valence-electron chi connectivity index (χ0n) is 11.4. The van der Waals surface area contributed by atoms with Gasteiger partial charge in [-0.3, -0.25) is 0 Å². The highest BCUT2D eigenvalue weighted by atomic mass is 32.2. The van der Waals surface area contributed by atoms with Crippen LogP contribution in [0, 0.1) is 0 Å². The summed E-state index contributed by atoms with van der Waals surface area (Å²) >= 11 is 1.55. The van der Waals surface area contributed by atoms with E-state index in [1.54, 1.807) is 11.8 Å². The summed E-state index contributed by atoms with van der Waals surface area (Å²) in [6, 6.07) is 12.1. The largest absolute Gasteiger partial charge is 0.370 e. The predicted octanol–water partition coefficient (Wildman–Crippen LogP) is 3.40. The monoisotopic (exact) mass is 274 g/mol. The Kier molecular flexibility index (Phi) is 4.63. The van der Waals surface area contributed by atoms with Crippen LogP contribution in [0.3, 0.4) is 0 Å². The first-order valence-electron chi connectivity index (χ1n) is 6.20. The molecule has 0 aliphatic heterocycles. The Balaban J connectivity index is 2.35. The van der Waals surface area contributed by atoms with Crippen LogP contribution < -0.4 is 10.2 Å². The lowest BCUT2D eigenvalue weighted by Gasteiger charge is -2.19. The molecule has 19 heavy (non-hydrogen) atoms. The average molecular weight is 274 g/mol. The Morgan fingerprint density at radius 2 is 1.95 bits per heavy atom. The zero-order valence-corrected chi connectivity index (χ0v) is 12.2. The van der Waals surface area contributed by atoms with Crippen molar-refractivity contribution in [1.82, 2.24) is 9.97 Å². The van der Waals surface area contributed by atoms with Gasteiger partial charge in [-0.15, -0.1) is 0 Å². The average Bonchev–Trinajstić information content (AvgIpc) is 2.47. The molecular weight excluding hydrogens is 256 g/mol. The van der Waals surface area contributed by atoms with Crippen LogP contribution in [0.5, 0.6) is 0 Å². The molecule has 5 heteroatoms. The molecule has 0 spiro atoms. The molecule has 4 nitrogen and oxygen atoms in total. The molecule has 2 aromatic rings. The second-order valence-electron chi connectivity index (χ2n) is 4.02. The Bertz CT molecular complexity index is 530. The first-order chi connectivity index (χ1) is 9.24. The number of benzene rings is 1. The van der Waals surface area contributed by atoms with Crippen LogP contribution in [0.15, 0.2) is 41.6 Å². The van der Waals surface area contributed by atoms with Crippen molar-refractivity contribution >= 4 is 29.1 Å². The molecule has 0 fully saturated rings. The first-order valence-corrected chi connectivity index (χ1v) is 7.42. The lowest BCUT2D eigenvalue weighted by atomic mass is 10.3. The highest BCUT2D eigenvalue weighted by Gasteiger charge is 2.09. The van der Waals surface area contributed by atoms with Gasteiger partial charge in [-0.1, -0.05) is 30.0 Å². The molecular formula is C14H18N4S. The van der Waals surface area contributed by atoms with Gasteiger partial charge in [0.05, 0.1) is 0 Å².